The van der Waals surface area contributed by atoms with Gasteiger partial charge in [-0.05, 0) is 77.0 Å². The van der Waals surface area contributed by atoms with Crippen LogP contribution in [0.4, 0.5) is 0 Å². The topological polar surface area (TPSA) is 95.9 Å². The molecule has 0 aromatic rings. The maximum absolute atomic E-state index is 13.3. The highest BCUT2D eigenvalue weighted by molar-refractivity contribution is 5.77. The van der Waals surface area contributed by atoms with Crippen molar-refractivity contribution in [3.05, 3.63) is 60.8 Å². The summed E-state index contributed by atoms with van der Waals surface area (Å²) in [5, 5.41) is 23.9. The number of ether oxygens (including phenoxy) is 1. The van der Waals surface area contributed by atoms with E-state index >= 15 is 0 Å². The van der Waals surface area contributed by atoms with Crippen LogP contribution in [0.2, 0.25) is 0 Å². The lowest BCUT2D eigenvalue weighted by Crippen LogP contribution is -2.46. The third-order valence-corrected chi connectivity index (χ3v) is 13.7. The van der Waals surface area contributed by atoms with E-state index in [1.54, 1.807) is 0 Å². The van der Waals surface area contributed by atoms with E-state index in [4.69, 9.17) is 4.74 Å². The number of esters is 1. The summed E-state index contributed by atoms with van der Waals surface area (Å²) < 4.78 is 5.95. The van der Waals surface area contributed by atoms with Gasteiger partial charge in [0.1, 0.15) is 6.10 Å². The molecular formula is C63H115NO5. The molecule has 0 heterocycles. The standard InChI is InChI=1S/C63H115NO5/c1-4-7-10-13-16-19-22-25-28-30-31-32-35-38-41-44-47-50-53-56-63(68)69-59(54-51-48-45-42-39-36-34-29-26-23-20-17-14-11-8-5-2)57-62(67)64-60(58-65)61(66)55-52-49-46-43-40-37-33-27-24-21-18-15-12-9-6-3/h17,20,23,25-26,28-29,34,36,39,59-61,65-66H,4-16,18-19,21-22,24,27,30-33,35,37-38,40-58H2,1-3H3,(H,64,67)/b20-17+,26-23+,28-25+,34-29+,39-36+. The minimum atomic E-state index is -0.801. The third-order valence-electron chi connectivity index (χ3n) is 13.7. The molecule has 3 atom stereocenters. The quantitative estimate of drug-likeness (QED) is 0.0244. The number of rotatable bonds is 54. The maximum atomic E-state index is 13.3. The molecule has 0 spiro atoms. The number of aliphatic hydroxyl groups excluding tert-OH is 2. The highest BCUT2D eigenvalue weighted by Gasteiger charge is 2.24. The molecule has 69 heavy (non-hydrogen) atoms. The van der Waals surface area contributed by atoms with E-state index in [0.717, 1.165) is 70.6 Å². The van der Waals surface area contributed by atoms with Crippen LogP contribution < -0.4 is 5.32 Å². The van der Waals surface area contributed by atoms with Gasteiger partial charge in [0.15, 0.2) is 0 Å². The normalized spacial score (nSPS) is 13.5. The first kappa shape index (κ1) is 66.6. The molecule has 3 N–H and O–H groups in total. The molecule has 0 bridgehead atoms. The lowest BCUT2D eigenvalue weighted by Gasteiger charge is -2.24. The smallest absolute Gasteiger partial charge is 0.306 e. The molecule has 6 nitrogen and oxygen atoms in total. The molecule has 1 amide bonds. The van der Waals surface area contributed by atoms with Crippen LogP contribution in [0.15, 0.2) is 60.8 Å². The summed E-state index contributed by atoms with van der Waals surface area (Å²) in [5.74, 6) is -0.505. The molecule has 0 aromatic heterocycles. The molecule has 0 saturated heterocycles. The van der Waals surface area contributed by atoms with Gasteiger partial charge in [0.2, 0.25) is 5.91 Å². The Labute approximate surface area is 428 Å². The molecule has 6 heteroatoms. The highest BCUT2D eigenvalue weighted by Crippen LogP contribution is 2.18. The fourth-order valence-corrected chi connectivity index (χ4v) is 9.09. The molecule has 0 aromatic carbocycles. The monoisotopic (exact) mass is 966 g/mol. The molecule has 0 fully saturated rings. The van der Waals surface area contributed by atoms with Crippen LogP contribution in [-0.4, -0.2) is 46.9 Å². The van der Waals surface area contributed by atoms with Crippen molar-refractivity contribution in [2.24, 2.45) is 0 Å². The second kappa shape index (κ2) is 56.5. The van der Waals surface area contributed by atoms with Crippen LogP contribution in [-0.2, 0) is 14.3 Å². The summed E-state index contributed by atoms with van der Waals surface area (Å²) in [4.78, 5) is 26.3. The molecule has 0 aliphatic heterocycles. The Morgan fingerprint density at radius 2 is 0.754 bits per heavy atom. The van der Waals surface area contributed by atoms with Gasteiger partial charge in [-0.25, -0.2) is 0 Å². The van der Waals surface area contributed by atoms with Crippen molar-refractivity contribution in [2.45, 2.75) is 322 Å². The first-order valence-corrected chi connectivity index (χ1v) is 30.1. The Morgan fingerprint density at radius 1 is 0.420 bits per heavy atom. The zero-order valence-electron chi connectivity index (χ0n) is 45.9. The second-order valence-electron chi connectivity index (χ2n) is 20.5. The van der Waals surface area contributed by atoms with Gasteiger partial charge in [-0.3, -0.25) is 9.59 Å². The SMILES string of the molecule is CCCCC/C=C/C=C/C=C/C=C/CCCCCC(CC(=O)NC(CO)C(O)CCCCCCCCCCCCCCCCC)OC(=O)CCCCCCCCCCC/C=C/CCCCCCCC. The average Bonchev–Trinajstić information content (AvgIpc) is 3.34. The van der Waals surface area contributed by atoms with Gasteiger partial charge in [-0.15, -0.1) is 0 Å². The van der Waals surface area contributed by atoms with Gasteiger partial charge in [0, 0.05) is 6.42 Å². The minimum Gasteiger partial charge on any atom is -0.462 e. The Bertz CT molecular complexity index is 1220. The van der Waals surface area contributed by atoms with Gasteiger partial charge < -0.3 is 20.3 Å². The number of allylic oxidation sites excluding steroid dienone is 10. The van der Waals surface area contributed by atoms with Crippen LogP contribution in [0, 0.1) is 0 Å². The summed E-state index contributed by atoms with van der Waals surface area (Å²) in [5.41, 5.74) is 0. The van der Waals surface area contributed by atoms with Gasteiger partial charge in [-0.2, -0.15) is 0 Å². The Hall–Kier alpha value is -2.44. The van der Waals surface area contributed by atoms with Crippen LogP contribution in [0.3, 0.4) is 0 Å². The molecule has 0 aliphatic rings. The van der Waals surface area contributed by atoms with Crippen molar-refractivity contribution in [3.8, 4) is 0 Å². The van der Waals surface area contributed by atoms with E-state index in [2.05, 4.69) is 86.8 Å². The minimum absolute atomic E-state index is 0.0511. The third kappa shape index (κ3) is 51.7. The van der Waals surface area contributed by atoms with Gasteiger partial charge >= 0.3 is 5.97 Å². The molecule has 0 saturated carbocycles. The lowest BCUT2D eigenvalue weighted by atomic mass is 10.0. The van der Waals surface area contributed by atoms with Gasteiger partial charge in [0.05, 0.1) is 25.2 Å². The zero-order chi connectivity index (χ0) is 50.2. The van der Waals surface area contributed by atoms with Crippen LogP contribution in [0.1, 0.15) is 303 Å². The Morgan fingerprint density at radius 3 is 1.20 bits per heavy atom. The number of aliphatic hydroxyl groups is 2. The van der Waals surface area contributed by atoms with E-state index in [1.165, 1.54) is 186 Å². The summed E-state index contributed by atoms with van der Waals surface area (Å²) in [7, 11) is 0. The van der Waals surface area contributed by atoms with E-state index < -0.39 is 18.2 Å². The van der Waals surface area contributed by atoms with Crippen molar-refractivity contribution in [1.82, 2.24) is 5.32 Å². The van der Waals surface area contributed by atoms with E-state index in [9.17, 15) is 19.8 Å². The molecule has 0 rings (SSSR count). The predicted octanol–water partition coefficient (Wildman–Crippen LogP) is 18.7. The second-order valence-corrected chi connectivity index (χ2v) is 20.5. The van der Waals surface area contributed by atoms with Gasteiger partial charge in [-0.1, -0.05) is 274 Å². The number of amides is 1. The summed E-state index contributed by atoms with van der Waals surface area (Å²) in [6.45, 7) is 6.46. The molecular weight excluding hydrogens is 851 g/mol. The van der Waals surface area contributed by atoms with Crippen molar-refractivity contribution in [1.29, 1.82) is 0 Å². The highest BCUT2D eigenvalue weighted by atomic mass is 16.5. The molecule has 3 unspecified atom stereocenters. The molecule has 0 radical (unpaired) electrons. The number of hydrogen-bond donors (Lipinski definition) is 3. The van der Waals surface area contributed by atoms with E-state index in [1.807, 2.05) is 0 Å². The van der Waals surface area contributed by atoms with Crippen molar-refractivity contribution in [3.63, 3.8) is 0 Å². The molecule has 0 aliphatic carbocycles. The molecule has 402 valence electrons. The van der Waals surface area contributed by atoms with Crippen molar-refractivity contribution >= 4 is 11.9 Å². The summed E-state index contributed by atoms with van der Waals surface area (Å²) in [6, 6.07) is -0.717. The lowest BCUT2D eigenvalue weighted by molar-refractivity contribution is -0.151. The largest absolute Gasteiger partial charge is 0.462 e. The van der Waals surface area contributed by atoms with Crippen LogP contribution >= 0.6 is 0 Å². The first-order valence-electron chi connectivity index (χ1n) is 30.1. The van der Waals surface area contributed by atoms with Crippen LogP contribution in [0.25, 0.3) is 0 Å². The number of carbonyl (C=O) groups is 2. The summed E-state index contributed by atoms with van der Waals surface area (Å²) in [6.07, 6.45) is 71.4. The summed E-state index contributed by atoms with van der Waals surface area (Å²) >= 11 is 0. The predicted molar refractivity (Wildman–Crippen MR) is 301 cm³/mol. The average molecular weight is 967 g/mol. The van der Waals surface area contributed by atoms with E-state index in [-0.39, 0.29) is 24.9 Å². The fraction of sp³-hybridized carbons (Fsp3) is 0.810. The maximum Gasteiger partial charge on any atom is 0.306 e. The number of unbranched alkanes of at least 4 members (excludes halogenated alkanes) is 35. The van der Waals surface area contributed by atoms with Crippen LogP contribution in [0.5, 0.6) is 0 Å². The van der Waals surface area contributed by atoms with Crippen molar-refractivity contribution in [2.75, 3.05) is 6.61 Å². The first-order chi connectivity index (χ1) is 34.0. The fourth-order valence-electron chi connectivity index (χ4n) is 9.09. The zero-order valence-corrected chi connectivity index (χ0v) is 45.9. The van der Waals surface area contributed by atoms with Gasteiger partial charge in [0.25, 0.3) is 0 Å². The Balaban J connectivity index is 4.60. The number of nitrogens with one attached hydrogen (secondary N) is 1. The van der Waals surface area contributed by atoms with Crippen molar-refractivity contribution < 1.29 is 24.5 Å². The van der Waals surface area contributed by atoms with E-state index in [0.29, 0.717) is 19.3 Å². The Kier molecular flexibility index (Phi) is 54.5. The number of carbonyl (C=O) groups excluding carboxylic acids is 2. The number of hydrogen-bond acceptors (Lipinski definition) is 5.